The van der Waals surface area contributed by atoms with Crippen molar-refractivity contribution in [2.75, 3.05) is 5.32 Å². The van der Waals surface area contributed by atoms with E-state index in [1.807, 2.05) is 12.1 Å². The van der Waals surface area contributed by atoms with Crippen molar-refractivity contribution in [3.05, 3.63) is 45.7 Å². The van der Waals surface area contributed by atoms with E-state index < -0.39 is 0 Å². The highest BCUT2D eigenvalue weighted by molar-refractivity contribution is 7.10. The summed E-state index contributed by atoms with van der Waals surface area (Å²) < 4.78 is 0. The molecule has 0 aliphatic rings. The van der Waals surface area contributed by atoms with Crippen LogP contribution in [0.15, 0.2) is 35.7 Å². The molecule has 4 heteroatoms. The molecular formula is C12H13ClN2S. The molecule has 0 aliphatic heterocycles. The van der Waals surface area contributed by atoms with Gasteiger partial charge >= 0.3 is 0 Å². The number of thiophene rings is 1. The van der Waals surface area contributed by atoms with Crippen molar-refractivity contribution in [2.24, 2.45) is 0 Å². The number of pyridine rings is 1. The maximum atomic E-state index is 5.85. The Morgan fingerprint density at radius 1 is 1.38 bits per heavy atom. The van der Waals surface area contributed by atoms with Gasteiger partial charge in [0.25, 0.3) is 0 Å². The molecule has 0 radical (unpaired) electrons. The van der Waals surface area contributed by atoms with Gasteiger partial charge in [-0.2, -0.15) is 0 Å². The molecule has 2 rings (SSSR count). The van der Waals surface area contributed by atoms with Crippen LogP contribution in [-0.4, -0.2) is 4.98 Å². The number of rotatable bonds is 4. The number of nitrogens with zero attached hydrogens (tertiary/aromatic N) is 1. The van der Waals surface area contributed by atoms with E-state index in [4.69, 9.17) is 11.6 Å². The van der Waals surface area contributed by atoms with Crippen molar-refractivity contribution in [2.45, 2.75) is 19.4 Å². The van der Waals surface area contributed by atoms with Crippen LogP contribution in [0.4, 0.5) is 5.82 Å². The molecule has 2 heterocycles. The van der Waals surface area contributed by atoms with Crippen LogP contribution in [0.2, 0.25) is 5.15 Å². The maximum Gasteiger partial charge on any atom is 0.131 e. The Hall–Kier alpha value is -1.06. The minimum atomic E-state index is 0.311. The maximum absolute atomic E-state index is 5.85. The SMILES string of the molecule is CCC(Nc1cccc(Cl)n1)c1cccs1. The van der Waals surface area contributed by atoms with Gasteiger partial charge in [0, 0.05) is 4.88 Å². The number of nitrogens with one attached hydrogen (secondary N) is 1. The molecule has 0 amide bonds. The van der Waals surface area contributed by atoms with E-state index in [9.17, 15) is 0 Å². The Kier molecular flexibility index (Phi) is 3.80. The molecule has 2 aromatic rings. The molecule has 0 spiro atoms. The fourth-order valence-electron chi connectivity index (χ4n) is 1.53. The summed E-state index contributed by atoms with van der Waals surface area (Å²) in [6.45, 7) is 2.15. The van der Waals surface area contributed by atoms with Crippen LogP contribution in [-0.2, 0) is 0 Å². The van der Waals surface area contributed by atoms with Crippen LogP contribution in [0.1, 0.15) is 24.3 Å². The molecule has 1 unspecified atom stereocenters. The molecule has 0 aromatic carbocycles. The third kappa shape index (κ3) is 2.74. The molecule has 0 fully saturated rings. The van der Waals surface area contributed by atoms with Crippen molar-refractivity contribution in [3.63, 3.8) is 0 Å². The van der Waals surface area contributed by atoms with Crippen molar-refractivity contribution >= 4 is 28.8 Å². The fourth-order valence-corrected chi connectivity index (χ4v) is 2.56. The van der Waals surface area contributed by atoms with Crippen LogP contribution in [0.3, 0.4) is 0 Å². The van der Waals surface area contributed by atoms with Crippen molar-refractivity contribution in [3.8, 4) is 0 Å². The fraction of sp³-hybridized carbons (Fsp3) is 0.250. The van der Waals surface area contributed by atoms with Gasteiger partial charge in [-0.25, -0.2) is 4.98 Å². The lowest BCUT2D eigenvalue weighted by Gasteiger charge is -2.15. The van der Waals surface area contributed by atoms with Gasteiger partial charge in [-0.15, -0.1) is 11.3 Å². The van der Waals surface area contributed by atoms with E-state index >= 15 is 0 Å². The van der Waals surface area contributed by atoms with Crippen molar-refractivity contribution < 1.29 is 0 Å². The molecule has 2 aromatic heterocycles. The quantitative estimate of drug-likeness (QED) is 0.818. The average Bonchev–Trinajstić information content (AvgIpc) is 2.79. The first kappa shape index (κ1) is 11.4. The summed E-state index contributed by atoms with van der Waals surface area (Å²) in [5.74, 6) is 0.827. The Labute approximate surface area is 104 Å². The monoisotopic (exact) mass is 252 g/mol. The zero-order chi connectivity index (χ0) is 11.4. The summed E-state index contributed by atoms with van der Waals surface area (Å²) in [5, 5.41) is 5.99. The molecule has 0 bridgehead atoms. The van der Waals surface area contributed by atoms with Gasteiger partial charge in [0.2, 0.25) is 0 Å². The second-order valence-electron chi connectivity index (χ2n) is 3.47. The summed E-state index contributed by atoms with van der Waals surface area (Å²) in [6, 6.07) is 10.1. The molecule has 0 saturated carbocycles. The lowest BCUT2D eigenvalue weighted by molar-refractivity contribution is 0.759. The Morgan fingerprint density at radius 3 is 2.88 bits per heavy atom. The molecule has 0 saturated heterocycles. The Bertz CT molecular complexity index is 442. The first-order valence-corrected chi connectivity index (χ1v) is 6.48. The largest absolute Gasteiger partial charge is 0.362 e. The number of hydrogen-bond donors (Lipinski definition) is 1. The van der Waals surface area contributed by atoms with Crippen LogP contribution < -0.4 is 5.32 Å². The third-order valence-electron chi connectivity index (χ3n) is 2.33. The van der Waals surface area contributed by atoms with E-state index in [2.05, 4.69) is 34.7 Å². The van der Waals surface area contributed by atoms with Crippen LogP contribution in [0.5, 0.6) is 0 Å². The minimum Gasteiger partial charge on any atom is -0.362 e. The van der Waals surface area contributed by atoms with Gasteiger partial charge in [0.1, 0.15) is 11.0 Å². The normalized spacial score (nSPS) is 12.4. The van der Waals surface area contributed by atoms with Crippen LogP contribution in [0, 0.1) is 0 Å². The highest BCUT2D eigenvalue weighted by Crippen LogP contribution is 2.25. The van der Waals surface area contributed by atoms with Crippen molar-refractivity contribution in [1.82, 2.24) is 4.98 Å². The standard InChI is InChI=1S/C12H13ClN2S/c1-2-9(10-5-4-8-16-10)14-12-7-3-6-11(13)15-12/h3-9H,2H2,1H3,(H,14,15). The average molecular weight is 253 g/mol. The Morgan fingerprint density at radius 2 is 2.25 bits per heavy atom. The third-order valence-corrected chi connectivity index (χ3v) is 3.53. The predicted molar refractivity (Wildman–Crippen MR) is 70.2 cm³/mol. The minimum absolute atomic E-state index is 0.311. The van der Waals surface area contributed by atoms with E-state index in [0.717, 1.165) is 12.2 Å². The summed E-state index contributed by atoms with van der Waals surface area (Å²) in [5.41, 5.74) is 0. The topological polar surface area (TPSA) is 24.9 Å². The van der Waals surface area contributed by atoms with E-state index in [0.29, 0.717) is 11.2 Å². The molecule has 2 nitrogen and oxygen atoms in total. The first-order valence-electron chi connectivity index (χ1n) is 5.22. The summed E-state index contributed by atoms with van der Waals surface area (Å²) in [6.07, 6.45) is 1.02. The van der Waals surface area contributed by atoms with E-state index in [-0.39, 0.29) is 0 Å². The number of aromatic nitrogens is 1. The summed E-state index contributed by atoms with van der Waals surface area (Å²) >= 11 is 7.60. The molecule has 0 aliphatic carbocycles. The molecule has 16 heavy (non-hydrogen) atoms. The van der Waals surface area contributed by atoms with Gasteiger partial charge < -0.3 is 5.32 Å². The van der Waals surface area contributed by atoms with Gasteiger partial charge in [-0.1, -0.05) is 30.7 Å². The molecule has 84 valence electrons. The predicted octanol–water partition coefficient (Wildman–Crippen LogP) is 4.36. The lowest BCUT2D eigenvalue weighted by Crippen LogP contribution is -2.09. The van der Waals surface area contributed by atoms with Gasteiger partial charge in [-0.05, 0) is 30.0 Å². The summed E-state index contributed by atoms with van der Waals surface area (Å²) in [7, 11) is 0. The molecular weight excluding hydrogens is 240 g/mol. The van der Waals surface area contributed by atoms with Gasteiger partial charge in [-0.3, -0.25) is 0 Å². The Balaban J connectivity index is 2.13. The van der Waals surface area contributed by atoms with E-state index in [1.165, 1.54) is 4.88 Å². The first-order chi connectivity index (χ1) is 7.79. The highest BCUT2D eigenvalue weighted by Gasteiger charge is 2.10. The summed E-state index contributed by atoms with van der Waals surface area (Å²) in [4.78, 5) is 5.55. The van der Waals surface area contributed by atoms with Crippen molar-refractivity contribution in [1.29, 1.82) is 0 Å². The van der Waals surface area contributed by atoms with Gasteiger partial charge in [0.05, 0.1) is 6.04 Å². The molecule has 1 atom stereocenters. The number of halogens is 1. The molecule has 1 N–H and O–H groups in total. The van der Waals surface area contributed by atoms with Crippen LogP contribution in [0.25, 0.3) is 0 Å². The highest BCUT2D eigenvalue weighted by atomic mass is 35.5. The zero-order valence-electron chi connectivity index (χ0n) is 8.98. The second-order valence-corrected chi connectivity index (χ2v) is 4.83. The van der Waals surface area contributed by atoms with E-state index in [1.54, 1.807) is 17.4 Å². The number of anilines is 1. The van der Waals surface area contributed by atoms with Gasteiger partial charge in [0.15, 0.2) is 0 Å². The zero-order valence-corrected chi connectivity index (χ0v) is 10.6. The smallest absolute Gasteiger partial charge is 0.131 e. The van der Waals surface area contributed by atoms with Crippen LogP contribution >= 0.6 is 22.9 Å². The lowest BCUT2D eigenvalue weighted by atomic mass is 10.2. The second kappa shape index (κ2) is 5.32. The number of hydrogen-bond acceptors (Lipinski definition) is 3.